The van der Waals surface area contributed by atoms with E-state index in [0.717, 1.165) is 25.9 Å². The number of piperidine rings is 1. The van der Waals surface area contributed by atoms with Crippen LogP contribution in [0.15, 0.2) is 30.3 Å². The van der Waals surface area contributed by atoms with E-state index in [1.165, 1.54) is 18.4 Å². The third-order valence-electron chi connectivity index (χ3n) is 5.04. The summed E-state index contributed by atoms with van der Waals surface area (Å²) in [4.78, 5) is 14.4. The number of carbonyl (C=O) groups excluding carboxylic acids is 1. The van der Waals surface area contributed by atoms with E-state index in [9.17, 15) is 9.90 Å². The minimum Gasteiger partial charge on any atom is -0.393 e. The van der Waals surface area contributed by atoms with Gasteiger partial charge in [-0.25, -0.2) is 4.79 Å². The highest BCUT2D eigenvalue weighted by molar-refractivity contribution is 5.75. The van der Waals surface area contributed by atoms with Gasteiger partial charge in [0.25, 0.3) is 0 Å². The molecule has 22 heavy (non-hydrogen) atoms. The first-order chi connectivity index (χ1) is 10.6. The maximum atomic E-state index is 12.5. The molecule has 1 saturated carbocycles. The monoisotopic (exact) mass is 302 g/mol. The summed E-state index contributed by atoms with van der Waals surface area (Å²) in [5.41, 5.74) is 1.21. The molecule has 0 aromatic heterocycles. The van der Waals surface area contributed by atoms with Gasteiger partial charge >= 0.3 is 6.03 Å². The number of rotatable bonds is 4. The van der Waals surface area contributed by atoms with Crippen molar-refractivity contribution >= 4 is 6.03 Å². The van der Waals surface area contributed by atoms with Crippen LogP contribution >= 0.6 is 0 Å². The number of benzene rings is 1. The van der Waals surface area contributed by atoms with Crippen molar-refractivity contribution in [2.24, 2.45) is 11.8 Å². The predicted molar refractivity (Wildman–Crippen MR) is 86.4 cm³/mol. The molecule has 2 aliphatic rings. The summed E-state index contributed by atoms with van der Waals surface area (Å²) in [5.74, 6) is 0.916. The van der Waals surface area contributed by atoms with Crippen molar-refractivity contribution in [3.63, 3.8) is 0 Å². The van der Waals surface area contributed by atoms with Gasteiger partial charge in [0, 0.05) is 13.1 Å². The molecule has 120 valence electrons. The van der Waals surface area contributed by atoms with Crippen molar-refractivity contribution in [1.29, 1.82) is 0 Å². The summed E-state index contributed by atoms with van der Waals surface area (Å²) in [6, 6.07) is 10.5. The van der Waals surface area contributed by atoms with Gasteiger partial charge in [-0.3, -0.25) is 0 Å². The van der Waals surface area contributed by atoms with Crippen LogP contribution in [-0.4, -0.2) is 35.2 Å². The second-order valence-electron chi connectivity index (χ2n) is 6.74. The molecule has 4 nitrogen and oxygen atoms in total. The number of likely N-dealkylation sites (tertiary alicyclic amines) is 1. The Balaban J connectivity index is 1.58. The maximum absolute atomic E-state index is 12.5. The Kier molecular flexibility index (Phi) is 4.67. The normalized spacial score (nSPS) is 22.2. The summed E-state index contributed by atoms with van der Waals surface area (Å²) >= 11 is 0. The lowest BCUT2D eigenvalue weighted by Gasteiger charge is -2.34. The molecule has 1 aromatic carbocycles. The topological polar surface area (TPSA) is 52.6 Å². The molecule has 2 unspecified atom stereocenters. The standard InChI is InChI=1S/C18H26N2O2/c1-13(21)14-9-11-20(12-10-14)18(22)19-17(16-7-8-16)15-5-3-2-4-6-15/h2-6,13-14,16-17,21H,7-12H2,1H3,(H,19,22). The van der Waals surface area contributed by atoms with Crippen LogP contribution in [0.4, 0.5) is 4.79 Å². The zero-order chi connectivity index (χ0) is 15.5. The average Bonchev–Trinajstić information content (AvgIpc) is 3.38. The first-order valence-corrected chi connectivity index (χ1v) is 8.43. The second kappa shape index (κ2) is 6.69. The van der Waals surface area contributed by atoms with Crippen LogP contribution in [0.25, 0.3) is 0 Å². The van der Waals surface area contributed by atoms with Gasteiger partial charge in [-0.15, -0.1) is 0 Å². The largest absolute Gasteiger partial charge is 0.393 e. The van der Waals surface area contributed by atoms with E-state index < -0.39 is 0 Å². The Hall–Kier alpha value is -1.55. The summed E-state index contributed by atoms with van der Waals surface area (Å²) in [6.45, 7) is 3.33. The number of hydrogen-bond donors (Lipinski definition) is 2. The van der Waals surface area contributed by atoms with Gasteiger partial charge in [-0.1, -0.05) is 30.3 Å². The van der Waals surface area contributed by atoms with Crippen molar-refractivity contribution in [2.45, 2.75) is 44.8 Å². The highest BCUT2D eigenvalue weighted by Gasteiger charge is 2.35. The van der Waals surface area contributed by atoms with Crippen molar-refractivity contribution < 1.29 is 9.90 Å². The van der Waals surface area contributed by atoms with Crippen molar-refractivity contribution in [2.75, 3.05) is 13.1 Å². The Morgan fingerprint density at radius 3 is 2.32 bits per heavy atom. The van der Waals surface area contributed by atoms with E-state index in [0.29, 0.717) is 11.8 Å². The van der Waals surface area contributed by atoms with E-state index in [1.54, 1.807) is 0 Å². The van der Waals surface area contributed by atoms with Crippen molar-refractivity contribution in [1.82, 2.24) is 10.2 Å². The number of nitrogens with zero attached hydrogens (tertiary/aromatic N) is 1. The predicted octanol–water partition coefficient (Wildman–Crippen LogP) is 2.94. The van der Waals surface area contributed by atoms with Crippen LogP contribution < -0.4 is 5.32 Å². The molecule has 0 radical (unpaired) electrons. The van der Waals surface area contributed by atoms with Gasteiger partial charge < -0.3 is 15.3 Å². The fraction of sp³-hybridized carbons (Fsp3) is 0.611. The minimum atomic E-state index is -0.270. The van der Waals surface area contributed by atoms with E-state index in [1.807, 2.05) is 30.0 Å². The average molecular weight is 302 g/mol. The lowest BCUT2D eigenvalue weighted by Crippen LogP contribution is -2.47. The third-order valence-corrected chi connectivity index (χ3v) is 5.04. The van der Waals surface area contributed by atoms with Crippen molar-refractivity contribution in [3.05, 3.63) is 35.9 Å². The second-order valence-corrected chi connectivity index (χ2v) is 6.74. The Labute approximate surface area is 132 Å². The number of aliphatic hydroxyl groups excluding tert-OH is 1. The molecule has 0 spiro atoms. The van der Waals surface area contributed by atoms with Gasteiger partial charge in [0.05, 0.1) is 12.1 Å². The Bertz CT molecular complexity index is 491. The van der Waals surface area contributed by atoms with Crippen molar-refractivity contribution in [3.8, 4) is 0 Å². The van der Waals surface area contributed by atoms with Gasteiger partial charge in [0.2, 0.25) is 0 Å². The molecule has 1 aliphatic heterocycles. The summed E-state index contributed by atoms with van der Waals surface area (Å²) in [7, 11) is 0. The first-order valence-electron chi connectivity index (χ1n) is 8.43. The molecular weight excluding hydrogens is 276 g/mol. The molecule has 1 saturated heterocycles. The smallest absolute Gasteiger partial charge is 0.317 e. The van der Waals surface area contributed by atoms with Gasteiger partial charge in [-0.2, -0.15) is 0 Å². The summed E-state index contributed by atoms with van der Waals surface area (Å²) < 4.78 is 0. The van der Waals surface area contributed by atoms with Crippen LogP contribution in [0.2, 0.25) is 0 Å². The van der Waals surface area contributed by atoms with Crippen LogP contribution in [0.1, 0.15) is 44.2 Å². The lowest BCUT2D eigenvalue weighted by atomic mass is 9.92. The molecule has 1 heterocycles. The fourth-order valence-electron chi connectivity index (χ4n) is 3.37. The SMILES string of the molecule is CC(O)C1CCN(C(=O)NC(c2ccccc2)C2CC2)CC1. The number of hydrogen-bond acceptors (Lipinski definition) is 2. The van der Waals surface area contributed by atoms with E-state index in [2.05, 4.69) is 17.4 Å². The molecule has 1 aliphatic carbocycles. The third kappa shape index (κ3) is 3.61. The van der Waals surface area contributed by atoms with Gasteiger partial charge in [0.1, 0.15) is 0 Å². The quantitative estimate of drug-likeness (QED) is 0.898. The zero-order valence-electron chi connectivity index (χ0n) is 13.2. The highest BCUT2D eigenvalue weighted by atomic mass is 16.3. The number of amides is 2. The molecule has 4 heteroatoms. The zero-order valence-corrected chi connectivity index (χ0v) is 13.2. The summed E-state index contributed by atoms with van der Waals surface area (Å²) in [6.07, 6.45) is 3.91. The fourth-order valence-corrected chi connectivity index (χ4v) is 3.37. The van der Waals surface area contributed by atoms with Crippen LogP contribution in [-0.2, 0) is 0 Å². The number of carbonyl (C=O) groups is 1. The van der Waals surface area contributed by atoms with E-state index in [-0.39, 0.29) is 18.2 Å². The molecule has 2 fully saturated rings. The molecule has 1 aromatic rings. The molecule has 3 rings (SSSR count). The number of urea groups is 1. The number of nitrogens with one attached hydrogen (secondary N) is 1. The molecule has 2 amide bonds. The molecule has 2 N–H and O–H groups in total. The van der Waals surface area contributed by atoms with Crippen LogP contribution in [0.5, 0.6) is 0 Å². The Morgan fingerprint density at radius 1 is 1.14 bits per heavy atom. The van der Waals surface area contributed by atoms with Gasteiger partial charge in [-0.05, 0) is 50.0 Å². The maximum Gasteiger partial charge on any atom is 0.317 e. The highest BCUT2D eigenvalue weighted by Crippen LogP contribution is 2.41. The lowest BCUT2D eigenvalue weighted by molar-refractivity contribution is 0.0791. The van der Waals surface area contributed by atoms with E-state index in [4.69, 9.17) is 0 Å². The Morgan fingerprint density at radius 2 is 1.77 bits per heavy atom. The first kappa shape index (κ1) is 15.3. The van der Waals surface area contributed by atoms with Gasteiger partial charge in [0.15, 0.2) is 0 Å². The molecular formula is C18H26N2O2. The van der Waals surface area contributed by atoms with Crippen LogP contribution in [0.3, 0.4) is 0 Å². The minimum absolute atomic E-state index is 0.0461. The molecule has 2 atom stereocenters. The van der Waals surface area contributed by atoms with Crippen LogP contribution in [0, 0.1) is 11.8 Å². The molecule has 0 bridgehead atoms. The summed E-state index contributed by atoms with van der Waals surface area (Å²) in [5, 5.41) is 12.9. The number of aliphatic hydroxyl groups is 1. The van der Waals surface area contributed by atoms with E-state index >= 15 is 0 Å².